The number of carbonyl (C=O) groups is 2. The van der Waals surface area contributed by atoms with Gasteiger partial charge in [0.2, 0.25) is 0 Å². The molecular formula is C30H58O4. The Morgan fingerprint density at radius 2 is 0.941 bits per heavy atom. The predicted molar refractivity (Wildman–Crippen MR) is 144 cm³/mol. The molecule has 0 aliphatic heterocycles. The molecule has 0 aliphatic carbocycles. The van der Waals surface area contributed by atoms with Gasteiger partial charge in [-0.05, 0) is 25.7 Å². The summed E-state index contributed by atoms with van der Waals surface area (Å²) < 4.78 is 10.6. The Labute approximate surface area is 212 Å². The Kier molecular flexibility index (Phi) is 24.3. The third-order valence-corrected chi connectivity index (χ3v) is 6.43. The Hall–Kier alpha value is -1.06. The summed E-state index contributed by atoms with van der Waals surface area (Å²) in [4.78, 5) is 23.5. The van der Waals surface area contributed by atoms with Gasteiger partial charge in [-0.15, -0.1) is 0 Å². The maximum Gasteiger partial charge on any atom is 0.306 e. The smallest absolute Gasteiger partial charge is 0.306 e. The van der Waals surface area contributed by atoms with Crippen molar-refractivity contribution in [1.29, 1.82) is 0 Å². The monoisotopic (exact) mass is 482 g/mol. The lowest BCUT2D eigenvalue weighted by atomic mass is 10.0. The highest BCUT2D eigenvalue weighted by atomic mass is 16.5. The topological polar surface area (TPSA) is 52.6 Å². The van der Waals surface area contributed by atoms with E-state index in [0.717, 1.165) is 19.3 Å². The van der Waals surface area contributed by atoms with Gasteiger partial charge in [-0.3, -0.25) is 9.59 Å². The Morgan fingerprint density at radius 1 is 0.559 bits per heavy atom. The molecule has 0 saturated carbocycles. The Morgan fingerprint density at radius 3 is 1.35 bits per heavy atom. The highest BCUT2D eigenvalue weighted by Gasteiger charge is 2.13. The van der Waals surface area contributed by atoms with Crippen molar-refractivity contribution in [2.75, 3.05) is 6.61 Å². The van der Waals surface area contributed by atoms with Crippen LogP contribution in [0.25, 0.3) is 0 Å². The summed E-state index contributed by atoms with van der Waals surface area (Å²) in [6, 6.07) is 0. The van der Waals surface area contributed by atoms with E-state index < -0.39 is 0 Å². The first-order valence-corrected chi connectivity index (χ1v) is 14.8. The molecule has 202 valence electrons. The van der Waals surface area contributed by atoms with E-state index in [0.29, 0.717) is 12.5 Å². The van der Waals surface area contributed by atoms with Crippen molar-refractivity contribution in [1.82, 2.24) is 0 Å². The summed E-state index contributed by atoms with van der Waals surface area (Å²) >= 11 is 0. The van der Waals surface area contributed by atoms with Gasteiger partial charge < -0.3 is 9.47 Å². The standard InChI is InChI=1S/C30H58O4/c1-5-6-7-8-9-10-11-12-13-14-15-16-17-18-19-20-21-22-25-33-29(31)23-24-30(32)34-28(4)26-27(2)3/h27-28H,5-26H2,1-4H3. The van der Waals surface area contributed by atoms with Crippen molar-refractivity contribution in [3.05, 3.63) is 0 Å². The van der Waals surface area contributed by atoms with Gasteiger partial charge in [0.25, 0.3) is 0 Å². The summed E-state index contributed by atoms with van der Waals surface area (Å²) in [5, 5.41) is 0. The van der Waals surface area contributed by atoms with Crippen LogP contribution < -0.4 is 0 Å². The van der Waals surface area contributed by atoms with Crippen LogP contribution in [-0.4, -0.2) is 24.6 Å². The Bertz CT molecular complexity index is 461. The fraction of sp³-hybridized carbons (Fsp3) is 0.933. The maximum atomic E-state index is 11.8. The SMILES string of the molecule is CCCCCCCCCCCCCCCCCCCCOC(=O)CCC(=O)OC(C)CC(C)C. The minimum atomic E-state index is -0.307. The van der Waals surface area contributed by atoms with Gasteiger partial charge in [-0.25, -0.2) is 0 Å². The number of hydrogen-bond acceptors (Lipinski definition) is 4. The lowest BCUT2D eigenvalue weighted by Crippen LogP contribution is -2.18. The molecule has 4 nitrogen and oxygen atoms in total. The summed E-state index contributed by atoms with van der Waals surface area (Å²) in [5.74, 6) is -0.110. The van der Waals surface area contributed by atoms with Crippen molar-refractivity contribution in [2.45, 2.75) is 169 Å². The molecule has 0 aromatic rings. The fourth-order valence-electron chi connectivity index (χ4n) is 4.46. The van der Waals surface area contributed by atoms with Gasteiger partial charge in [0, 0.05) is 0 Å². The average molecular weight is 483 g/mol. The molecule has 0 aromatic heterocycles. The third kappa shape index (κ3) is 25.6. The molecule has 0 fully saturated rings. The molecule has 34 heavy (non-hydrogen) atoms. The lowest BCUT2D eigenvalue weighted by Gasteiger charge is -2.15. The van der Waals surface area contributed by atoms with E-state index in [-0.39, 0.29) is 30.9 Å². The predicted octanol–water partition coefficient (Wildman–Crippen LogP) is 9.33. The number of hydrogen-bond donors (Lipinski definition) is 0. The number of ether oxygens (including phenoxy) is 2. The van der Waals surface area contributed by atoms with Crippen LogP contribution in [0.4, 0.5) is 0 Å². The molecule has 0 N–H and O–H groups in total. The van der Waals surface area contributed by atoms with Crippen molar-refractivity contribution in [3.8, 4) is 0 Å². The van der Waals surface area contributed by atoms with Crippen molar-refractivity contribution in [2.24, 2.45) is 5.92 Å². The molecule has 0 amide bonds. The average Bonchev–Trinajstić information content (AvgIpc) is 2.78. The molecule has 0 aromatic carbocycles. The lowest BCUT2D eigenvalue weighted by molar-refractivity contribution is -0.153. The van der Waals surface area contributed by atoms with E-state index in [1.165, 1.54) is 103 Å². The molecule has 0 rings (SSSR count). The van der Waals surface area contributed by atoms with Crippen LogP contribution in [0.5, 0.6) is 0 Å². The summed E-state index contributed by atoms with van der Waals surface area (Å²) in [7, 11) is 0. The molecule has 1 unspecified atom stereocenters. The molecule has 0 spiro atoms. The first-order chi connectivity index (χ1) is 16.5. The number of esters is 2. The van der Waals surface area contributed by atoms with Crippen molar-refractivity contribution >= 4 is 11.9 Å². The van der Waals surface area contributed by atoms with E-state index in [1.54, 1.807) is 0 Å². The first-order valence-electron chi connectivity index (χ1n) is 14.8. The highest BCUT2D eigenvalue weighted by Crippen LogP contribution is 2.14. The quantitative estimate of drug-likeness (QED) is 0.0960. The van der Waals surface area contributed by atoms with Gasteiger partial charge in [0.05, 0.1) is 25.6 Å². The van der Waals surface area contributed by atoms with Gasteiger partial charge in [0.15, 0.2) is 0 Å². The minimum absolute atomic E-state index is 0.0942. The van der Waals surface area contributed by atoms with E-state index in [1.807, 2.05) is 6.92 Å². The second-order valence-corrected chi connectivity index (χ2v) is 10.7. The normalized spacial score (nSPS) is 12.1. The molecule has 4 heteroatoms. The number of carbonyl (C=O) groups excluding carboxylic acids is 2. The maximum absolute atomic E-state index is 11.8. The van der Waals surface area contributed by atoms with Crippen LogP contribution in [0.15, 0.2) is 0 Å². The second-order valence-electron chi connectivity index (χ2n) is 10.7. The second kappa shape index (κ2) is 25.0. The van der Waals surface area contributed by atoms with Crippen LogP contribution in [0.3, 0.4) is 0 Å². The molecule has 0 saturated heterocycles. The summed E-state index contributed by atoms with van der Waals surface area (Å²) in [6.07, 6.45) is 25.2. The van der Waals surface area contributed by atoms with Crippen LogP contribution in [0.1, 0.15) is 163 Å². The van der Waals surface area contributed by atoms with E-state index >= 15 is 0 Å². The minimum Gasteiger partial charge on any atom is -0.466 e. The number of unbranched alkanes of at least 4 members (excludes halogenated alkanes) is 17. The molecule has 1 atom stereocenters. The van der Waals surface area contributed by atoms with Crippen LogP contribution >= 0.6 is 0 Å². The van der Waals surface area contributed by atoms with E-state index in [9.17, 15) is 9.59 Å². The van der Waals surface area contributed by atoms with Gasteiger partial charge in [0.1, 0.15) is 0 Å². The van der Waals surface area contributed by atoms with Crippen molar-refractivity contribution in [3.63, 3.8) is 0 Å². The zero-order valence-electron chi connectivity index (χ0n) is 23.3. The number of rotatable bonds is 25. The van der Waals surface area contributed by atoms with E-state index in [4.69, 9.17) is 9.47 Å². The third-order valence-electron chi connectivity index (χ3n) is 6.43. The van der Waals surface area contributed by atoms with Gasteiger partial charge in [-0.1, -0.05) is 130 Å². The van der Waals surface area contributed by atoms with Gasteiger partial charge >= 0.3 is 11.9 Å². The highest BCUT2D eigenvalue weighted by molar-refractivity contribution is 5.77. The molecule has 0 aliphatic rings. The Balaban J connectivity index is 3.28. The van der Waals surface area contributed by atoms with Crippen molar-refractivity contribution < 1.29 is 19.1 Å². The van der Waals surface area contributed by atoms with Crippen LogP contribution in [-0.2, 0) is 19.1 Å². The van der Waals surface area contributed by atoms with E-state index in [2.05, 4.69) is 20.8 Å². The zero-order valence-corrected chi connectivity index (χ0v) is 23.3. The summed E-state index contributed by atoms with van der Waals surface area (Å²) in [5.41, 5.74) is 0. The molecule has 0 radical (unpaired) electrons. The first kappa shape index (κ1) is 32.9. The van der Waals surface area contributed by atoms with Crippen LogP contribution in [0.2, 0.25) is 0 Å². The fourth-order valence-corrected chi connectivity index (χ4v) is 4.46. The molecule has 0 heterocycles. The summed E-state index contributed by atoms with van der Waals surface area (Å²) in [6.45, 7) is 8.85. The largest absolute Gasteiger partial charge is 0.466 e. The zero-order chi connectivity index (χ0) is 25.3. The van der Waals surface area contributed by atoms with Gasteiger partial charge in [-0.2, -0.15) is 0 Å². The molecular weight excluding hydrogens is 424 g/mol. The van der Waals surface area contributed by atoms with Crippen LogP contribution in [0, 0.1) is 5.92 Å². The molecule has 0 bridgehead atoms.